The molecule has 0 aliphatic rings. The summed E-state index contributed by atoms with van der Waals surface area (Å²) in [6.45, 7) is 3.09. The normalized spacial score (nSPS) is 12.0. The van der Waals surface area contributed by atoms with Crippen LogP contribution < -0.4 is 9.62 Å². The van der Waals surface area contributed by atoms with E-state index in [1.54, 1.807) is 43.3 Å². The molecule has 190 valence electrons. The average Bonchev–Trinajstić information content (AvgIpc) is 2.88. The predicted octanol–water partition coefficient (Wildman–Crippen LogP) is 3.88. The Labute approximate surface area is 211 Å². The number of hydrogen-bond donors (Lipinski definition) is 1. The summed E-state index contributed by atoms with van der Waals surface area (Å²) in [4.78, 5) is 27.8. The van der Waals surface area contributed by atoms with Gasteiger partial charge in [-0.2, -0.15) is 0 Å². The molecule has 0 unspecified atom stereocenters. The Morgan fingerprint density at radius 1 is 0.972 bits per heavy atom. The maximum absolute atomic E-state index is 13.7. The summed E-state index contributed by atoms with van der Waals surface area (Å²) < 4.78 is 41.8. The lowest BCUT2D eigenvalue weighted by Crippen LogP contribution is -2.51. The molecule has 36 heavy (non-hydrogen) atoms. The summed E-state index contributed by atoms with van der Waals surface area (Å²) in [5.41, 5.74) is 1.77. The van der Waals surface area contributed by atoms with Gasteiger partial charge in [0.2, 0.25) is 11.8 Å². The van der Waals surface area contributed by atoms with Crippen molar-refractivity contribution in [2.24, 2.45) is 0 Å². The molecule has 9 heteroatoms. The third-order valence-corrected chi connectivity index (χ3v) is 7.59. The molecule has 3 rings (SSSR count). The smallest absolute Gasteiger partial charge is 0.264 e. The Morgan fingerprint density at radius 3 is 2.22 bits per heavy atom. The highest BCUT2D eigenvalue weighted by atomic mass is 32.2. The summed E-state index contributed by atoms with van der Waals surface area (Å²) in [6.07, 6.45) is 0.308. The molecule has 1 N–H and O–H groups in total. The summed E-state index contributed by atoms with van der Waals surface area (Å²) in [5, 5.41) is 2.57. The van der Waals surface area contributed by atoms with Crippen LogP contribution in [0.1, 0.15) is 24.5 Å². The molecule has 0 aromatic heterocycles. The third-order valence-electron chi connectivity index (χ3n) is 5.80. The molecule has 0 heterocycles. The number of anilines is 1. The molecule has 0 radical (unpaired) electrons. The molecule has 0 spiro atoms. The van der Waals surface area contributed by atoms with E-state index in [-0.39, 0.29) is 17.3 Å². The number of carbonyl (C=O) groups is 2. The molecule has 0 aliphatic heterocycles. The number of sulfonamides is 1. The van der Waals surface area contributed by atoms with E-state index in [1.807, 2.05) is 13.0 Å². The fourth-order valence-electron chi connectivity index (χ4n) is 3.90. The van der Waals surface area contributed by atoms with Crippen LogP contribution in [-0.2, 0) is 26.2 Å². The summed E-state index contributed by atoms with van der Waals surface area (Å²) in [6, 6.07) is 19.5. The van der Waals surface area contributed by atoms with Crippen molar-refractivity contribution >= 4 is 27.5 Å². The maximum atomic E-state index is 13.7. The van der Waals surface area contributed by atoms with Crippen molar-refractivity contribution in [3.8, 4) is 0 Å². The van der Waals surface area contributed by atoms with Crippen molar-refractivity contribution < 1.29 is 22.4 Å². The van der Waals surface area contributed by atoms with E-state index >= 15 is 0 Å². The van der Waals surface area contributed by atoms with Crippen LogP contribution in [0.3, 0.4) is 0 Å². The van der Waals surface area contributed by atoms with Crippen LogP contribution in [0.5, 0.6) is 0 Å². The molecule has 7 nitrogen and oxygen atoms in total. The molecule has 3 aromatic rings. The van der Waals surface area contributed by atoms with Crippen LogP contribution in [0.25, 0.3) is 0 Å². The molecule has 1 atom stereocenters. The van der Waals surface area contributed by atoms with Crippen molar-refractivity contribution in [3.05, 3.63) is 95.8 Å². The minimum atomic E-state index is -4.10. The summed E-state index contributed by atoms with van der Waals surface area (Å²) in [5.74, 6) is -1.36. The second-order valence-electron chi connectivity index (χ2n) is 8.35. The molecule has 2 amide bonds. The Morgan fingerprint density at radius 2 is 1.64 bits per heavy atom. The number of aryl methyl sites for hydroxylation is 1. The first-order chi connectivity index (χ1) is 17.2. The molecular weight excluding hydrogens is 481 g/mol. The Bertz CT molecular complexity index is 1300. The first-order valence-corrected chi connectivity index (χ1v) is 13.0. The summed E-state index contributed by atoms with van der Waals surface area (Å²) >= 11 is 0. The van der Waals surface area contributed by atoms with Crippen LogP contribution in [-0.4, -0.2) is 44.8 Å². The first-order valence-electron chi connectivity index (χ1n) is 11.6. The quantitative estimate of drug-likeness (QED) is 0.448. The van der Waals surface area contributed by atoms with Gasteiger partial charge in [0.25, 0.3) is 10.0 Å². The second kappa shape index (κ2) is 11.8. The number of nitrogens with one attached hydrogen (secondary N) is 1. The first kappa shape index (κ1) is 26.9. The number of carbonyl (C=O) groups excluding carboxylic acids is 2. The Kier molecular flexibility index (Phi) is 8.82. The van der Waals surface area contributed by atoms with Crippen molar-refractivity contribution in [1.82, 2.24) is 10.2 Å². The van der Waals surface area contributed by atoms with Crippen molar-refractivity contribution in [2.75, 3.05) is 17.9 Å². The van der Waals surface area contributed by atoms with Gasteiger partial charge in [0.05, 0.1) is 10.6 Å². The van der Waals surface area contributed by atoms with Gasteiger partial charge in [0, 0.05) is 13.6 Å². The molecule has 0 saturated carbocycles. The van der Waals surface area contributed by atoms with Crippen LogP contribution in [0.4, 0.5) is 10.1 Å². The molecule has 0 aliphatic carbocycles. The number of rotatable bonds is 10. The fourth-order valence-corrected chi connectivity index (χ4v) is 5.33. The molecular formula is C27H30FN3O4S. The van der Waals surface area contributed by atoms with E-state index in [9.17, 15) is 22.4 Å². The average molecular weight is 512 g/mol. The number of amides is 2. The molecule has 3 aromatic carbocycles. The standard InChI is InChI=1S/C27H30FN3O4S/c1-4-25(27(33)29-3)30(18-21-13-15-22(28)16-14-21)26(32)19-31(23-10-8-9-20(2)17-23)36(34,35)24-11-6-5-7-12-24/h5-17,25H,4,18-19H2,1-3H3,(H,29,33)/t25-/m0/s1. The number of halogens is 1. The van der Waals surface area contributed by atoms with Gasteiger partial charge in [0.1, 0.15) is 18.4 Å². The van der Waals surface area contributed by atoms with Gasteiger partial charge in [-0.15, -0.1) is 0 Å². The Balaban J connectivity index is 2.04. The highest BCUT2D eigenvalue weighted by Crippen LogP contribution is 2.25. The number of benzene rings is 3. The van der Waals surface area contributed by atoms with E-state index in [0.29, 0.717) is 17.7 Å². The van der Waals surface area contributed by atoms with Gasteiger partial charge in [0.15, 0.2) is 0 Å². The largest absolute Gasteiger partial charge is 0.357 e. The van der Waals surface area contributed by atoms with E-state index < -0.39 is 34.3 Å². The zero-order valence-electron chi connectivity index (χ0n) is 20.5. The zero-order valence-corrected chi connectivity index (χ0v) is 21.3. The van der Waals surface area contributed by atoms with Gasteiger partial charge in [-0.3, -0.25) is 13.9 Å². The van der Waals surface area contributed by atoms with Crippen LogP contribution in [0.2, 0.25) is 0 Å². The SMILES string of the molecule is CC[C@@H](C(=O)NC)N(Cc1ccc(F)cc1)C(=O)CN(c1cccc(C)c1)S(=O)(=O)c1ccccc1. The summed E-state index contributed by atoms with van der Waals surface area (Å²) in [7, 11) is -2.62. The Hall–Kier alpha value is -3.72. The van der Waals surface area contributed by atoms with E-state index in [2.05, 4.69) is 5.32 Å². The molecule has 0 bridgehead atoms. The van der Waals surface area contributed by atoms with Crippen molar-refractivity contribution in [3.63, 3.8) is 0 Å². The molecule has 0 saturated heterocycles. The maximum Gasteiger partial charge on any atom is 0.264 e. The van der Waals surface area contributed by atoms with Gasteiger partial charge in [-0.05, 0) is 60.9 Å². The lowest BCUT2D eigenvalue weighted by atomic mass is 10.1. The van der Waals surface area contributed by atoms with E-state index in [0.717, 1.165) is 9.87 Å². The van der Waals surface area contributed by atoms with Crippen LogP contribution in [0.15, 0.2) is 83.8 Å². The van der Waals surface area contributed by atoms with E-state index in [4.69, 9.17) is 0 Å². The van der Waals surface area contributed by atoms with E-state index in [1.165, 1.54) is 48.3 Å². The minimum Gasteiger partial charge on any atom is -0.357 e. The minimum absolute atomic E-state index is 0.0120. The van der Waals surface area contributed by atoms with Crippen LogP contribution in [0, 0.1) is 12.7 Å². The van der Waals surface area contributed by atoms with Gasteiger partial charge < -0.3 is 10.2 Å². The van der Waals surface area contributed by atoms with Gasteiger partial charge in [-0.25, -0.2) is 12.8 Å². The van der Waals surface area contributed by atoms with Crippen molar-refractivity contribution in [1.29, 1.82) is 0 Å². The lowest BCUT2D eigenvalue weighted by Gasteiger charge is -2.33. The number of likely N-dealkylation sites (N-methyl/N-ethyl adjacent to an activating group) is 1. The number of hydrogen-bond acceptors (Lipinski definition) is 4. The predicted molar refractivity (Wildman–Crippen MR) is 137 cm³/mol. The highest BCUT2D eigenvalue weighted by molar-refractivity contribution is 7.92. The van der Waals surface area contributed by atoms with Crippen LogP contribution >= 0.6 is 0 Å². The van der Waals surface area contributed by atoms with Crippen molar-refractivity contribution in [2.45, 2.75) is 37.8 Å². The second-order valence-corrected chi connectivity index (χ2v) is 10.2. The third kappa shape index (κ3) is 6.28. The van der Waals surface area contributed by atoms with Gasteiger partial charge >= 0.3 is 0 Å². The fraction of sp³-hybridized carbons (Fsp3) is 0.259. The topological polar surface area (TPSA) is 86.8 Å². The lowest BCUT2D eigenvalue weighted by molar-refractivity contribution is -0.140. The van der Waals surface area contributed by atoms with Gasteiger partial charge in [-0.1, -0.05) is 49.4 Å². The zero-order chi connectivity index (χ0) is 26.3. The molecule has 0 fully saturated rings. The highest BCUT2D eigenvalue weighted by Gasteiger charge is 2.33. The number of nitrogens with zero attached hydrogens (tertiary/aromatic N) is 2. The monoisotopic (exact) mass is 511 g/mol.